The highest BCUT2D eigenvalue weighted by Crippen LogP contribution is 2.51. The van der Waals surface area contributed by atoms with E-state index in [1.165, 1.54) is 0 Å². The number of hydrogen-bond acceptors (Lipinski definition) is 6. The van der Waals surface area contributed by atoms with Crippen molar-refractivity contribution >= 4 is 17.6 Å². The van der Waals surface area contributed by atoms with Crippen molar-refractivity contribution in [3.05, 3.63) is 0 Å². The normalized spacial score (nSPS) is 13.8. The highest BCUT2D eigenvalue weighted by molar-refractivity contribution is 6.85. The monoisotopic (exact) mass is 326 g/mol. The van der Waals surface area contributed by atoms with E-state index >= 15 is 0 Å². The van der Waals surface area contributed by atoms with Gasteiger partial charge >= 0.3 is 17.6 Å². The molecule has 0 aromatic carbocycles. The van der Waals surface area contributed by atoms with Crippen LogP contribution >= 0.6 is 0 Å². The third kappa shape index (κ3) is 3.17. The molecule has 0 unspecified atom stereocenters. The molecule has 0 N–H and O–H groups in total. The molecule has 6 nitrogen and oxygen atoms in total. The minimum atomic E-state index is -3.02. The summed E-state index contributed by atoms with van der Waals surface area (Å²) in [6.07, 6.45) is 2.80. The molecule has 0 aromatic heterocycles. The van der Waals surface area contributed by atoms with Crippen LogP contribution < -0.4 is 0 Å². The fraction of sp³-hybridized carbons (Fsp3) is 1.00. The lowest BCUT2D eigenvalue weighted by atomic mass is 10.2. The van der Waals surface area contributed by atoms with E-state index in [9.17, 15) is 0 Å². The van der Waals surface area contributed by atoms with E-state index < -0.39 is 22.3 Å². The predicted octanol–water partition coefficient (Wildman–Crippen LogP) is 2.23. The Kier molecular flexibility index (Phi) is 8.67. The van der Waals surface area contributed by atoms with Crippen LogP contribution in [-0.4, -0.2) is 60.3 Å². The van der Waals surface area contributed by atoms with Crippen molar-refractivity contribution in [2.75, 3.05) is 42.7 Å². The zero-order valence-corrected chi connectivity index (χ0v) is 16.1. The summed E-state index contributed by atoms with van der Waals surface area (Å²) >= 11 is 0. The van der Waals surface area contributed by atoms with Gasteiger partial charge in [-0.15, -0.1) is 0 Å². The maximum absolute atomic E-state index is 5.70. The van der Waals surface area contributed by atoms with Crippen molar-refractivity contribution in [1.29, 1.82) is 0 Å². The Bertz CT molecular complexity index is 232. The van der Waals surface area contributed by atoms with Crippen molar-refractivity contribution in [3.8, 4) is 0 Å². The summed E-state index contributed by atoms with van der Waals surface area (Å²) < 4.78 is 33.6. The SMILES string of the molecule is CCCCC(C)([Si](OC)(OC)OC)[Si](OC)(OC)OC. The van der Waals surface area contributed by atoms with E-state index in [2.05, 4.69) is 6.92 Å². The lowest BCUT2D eigenvalue weighted by molar-refractivity contribution is 0.0548. The smallest absolute Gasteiger partial charge is 0.377 e. The van der Waals surface area contributed by atoms with Crippen molar-refractivity contribution in [3.63, 3.8) is 0 Å². The van der Waals surface area contributed by atoms with Gasteiger partial charge in [-0.05, 0) is 6.42 Å². The molecule has 0 aromatic rings. The lowest BCUT2D eigenvalue weighted by Crippen LogP contribution is -2.68. The van der Waals surface area contributed by atoms with Gasteiger partial charge in [0.15, 0.2) is 0 Å². The molecule has 122 valence electrons. The molecule has 0 rings (SSSR count). The largest absolute Gasteiger partial charge is 0.510 e. The fourth-order valence-corrected chi connectivity index (χ4v) is 10.9. The maximum atomic E-state index is 5.70. The summed E-state index contributed by atoms with van der Waals surface area (Å²) in [6, 6.07) is 0. The first-order valence-electron chi connectivity index (χ1n) is 6.73. The third-order valence-electron chi connectivity index (χ3n) is 3.99. The van der Waals surface area contributed by atoms with Gasteiger partial charge in [0.2, 0.25) is 0 Å². The van der Waals surface area contributed by atoms with Crippen molar-refractivity contribution in [1.82, 2.24) is 0 Å². The Labute approximate surface area is 125 Å². The third-order valence-corrected chi connectivity index (χ3v) is 12.3. The average Bonchev–Trinajstić information content (AvgIpc) is 2.49. The Morgan fingerprint density at radius 1 is 0.700 bits per heavy atom. The van der Waals surface area contributed by atoms with Gasteiger partial charge in [-0.1, -0.05) is 26.7 Å². The van der Waals surface area contributed by atoms with Crippen LogP contribution in [0.5, 0.6) is 0 Å². The molecule has 8 heteroatoms. The van der Waals surface area contributed by atoms with Gasteiger partial charge in [0.25, 0.3) is 0 Å². The van der Waals surface area contributed by atoms with E-state index in [-0.39, 0.29) is 0 Å². The Morgan fingerprint density at radius 3 is 1.20 bits per heavy atom. The molecule has 0 heterocycles. The molecule has 0 aliphatic heterocycles. The summed E-state index contributed by atoms with van der Waals surface area (Å²) in [6.45, 7) is 4.15. The molecule has 20 heavy (non-hydrogen) atoms. The summed E-state index contributed by atoms with van der Waals surface area (Å²) in [5.74, 6) is 0. The zero-order valence-electron chi connectivity index (χ0n) is 14.1. The highest BCUT2D eigenvalue weighted by Gasteiger charge is 2.72. The molecular weight excluding hydrogens is 296 g/mol. The summed E-state index contributed by atoms with van der Waals surface area (Å²) in [7, 11) is 3.56. The van der Waals surface area contributed by atoms with Crippen LogP contribution in [0.3, 0.4) is 0 Å². The Balaban J connectivity index is 5.92. The van der Waals surface area contributed by atoms with Crippen LogP contribution in [0.4, 0.5) is 0 Å². The molecule has 0 radical (unpaired) electrons. The Hall–Kier alpha value is 0.194. The Morgan fingerprint density at radius 2 is 1.00 bits per heavy atom. The van der Waals surface area contributed by atoms with Gasteiger partial charge in [-0.3, -0.25) is 0 Å². The van der Waals surface area contributed by atoms with Gasteiger partial charge < -0.3 is 26.6 Å². The number of hydrogen-bond donors (Lipinski definition) is 0. The summed E-state index contributed by atoms with van der Waals surface area (Å²) in [4.78, 5) is 0. The predicted molar refractivity (Wildman–Crippen MR) is 81.5 cm³/mol. The van der Waals surface area contributed by atoms with Gasteiger partial charge in [0, 0.05) is 42.7 Å². The second-order valence-electron chi connectivity index (χ2n) is 4.77. The first-order valence-corrected chi connectivity index (χ1v) is 10.2. The lowest BCUT2D eigenvalue weighted by Gasteiger charge is -2.47. The molecule has 0 atom stereocenters. The molecule has 0 spiro atoms. The van der Waals surface area contributed by atoms with E-state index in [0.29, 0.717) is 0 Å². The zero-order chi connectivity index (χ0) is 15.9. The molecule has 0 saturated heterocycles. The van der Waals surface area contributed by atoms with Gasteiger partial charge in [0.05, 0.1) is 0 Å². The molecule has 0 saturated carbocycles. The van der Waals surface area contributed by atoms with Gasteiger partial charge in [-0.25, -0.2) is 0 Å². The minimum Gasteiger partial charge on any atom is -0.377 e. The van der Waals surface area contributed by atoms with Crippen LogP contribution in [0.15, 0.2) is 0 Å². The second kappa shape index (κ2) is 8.59. The van der Waals surface area contributed by atoms with Crippen LogP contribution in [0, 0.1) is 0 Å². The molecular formula is C12H30O6Si2. The topological polar surface area (TPSA) is 55.4 Å². The van der Waals surface area contributed by atoms with E-state index in [1.807, 2.05) is 6.92 Å². The number of unbranched alkanes of at least 4 members (excludes halogenated alkanes) is 1. The highest BCUT2D eigenvalue weighted by atomic mass is 28.5. The van der Waals surface area contributed by atoms with Crippen molar-refractivity contribution in [2.24, 2.45) is 0 Å². The van der Waals surface area contributed by atoms with Crippen LogP contribution in [0.2, 0.25) is 4.66 Å². The summed E-state index contributed by atoms with van der Waals surface area (Å²) in [5.41, 5.74) is 0. The first kappa shape index (κ1) is 20.2. The van der Waals surface area contributed by atoms with Crippen molar-refractivity contribution in [2.45, 2.75) is 37.8 Å². The van der Waals surface area contributed by atoms with Crippen LogP contribution in [0.25, 0.3) is 0 Å². The van der Waals surface area contributed by atoms with E-state index in [1.54, 1.807) is 42.7 Å². The van der Waals surface area contributed by atoms with E-state index in [0.717, 1.165) is 19.3 Å². The first-order chi connectivity index (χ1) is 9.42. The molecule has 0 aliphatic rings. The molecule has 0 bridgehead atoms. The quantitative estimate of drug-likeness (QED) is 0.543. The fourth-order valence-electron chi connectivity index (χ4n) is 2.88. The minimum absolute atomic E-state index is 0.577. The average molecular weight is 327 g/mol. The summed E-state index contributed by atoms with van der Waals surface area (Å²) in [5, 5.41) is 0. The molecule has 0 fully saturated rings. The van der Waals surface area contributed by atoms with Crippen molar-refractivity contribution < 1.29 is 26.6 Å². The maximum Gasteiger partial charge on any atom is 0.510 e. The standard InChI is InChI=1S/C12H30O6Si2/c1-9-10-11-12(2,19(13-3,14-4)15-5)20(16-6,17-7)18-8/h9-11H2,1-8H3. The number of rotatable bonds is 11. The van der Waals surface area contributed by atoms with Crippen LogP contribution in [-0.2, 0) is 26.6 Å². The molecule has 0 amide bonds. The second-order valence-corrected chi connectivity index (χ2v) is 12.2. The van der Waals surface area contributed by atoms with Gasteiger partial charge in [-0.2, -0.15) is 0 Å². The van der Waals surface area contributed by atoms with Gasteiger partial charge in [0.1, 0.15) is 4.66 Å². The molecule has 0 aliphatic carbocycles. The van der Waals surface area contributed by atoms with Crippen LogP contribution in [0.1, 0.15) is 33.1 Å². The van der Waals surface area contributed by atoms with E-state index in [4.69, 9.17) is 26.6 Å².